The number of hydrogen-bond donors (Lipinski definition) is 1. The Balaban J connectivity index is 1.87. The second kappa shape index (κ2) is 7.51. The number of aromatic nitrogens is 1. The van der Waals surface area contributed by atoms with Crippen LogP contribution in [0.2, 0.25) is 0 Å². The van der Waals surface area contributed by atoms with E-state index in [4.69, 9.17) is 9.72 Å². The van der Waals surface area contributed by atoms with Crippen LogP contribution in [0.1, 0.15) is 50.9 Å². The molecular formula is C24H21NO4. The van der Waals surface area contributed by atoms with Crippen molar-refractivity contribution in [2.24, 2.45) is 5.92 Å². The van der Waals surface area contributed by atoms with Crippen molar-refractivity contribution < 1.29 is 19.4 Å². The molecule has 0 spiro atoms. The lowest BCUT2D eigenvalue weighted by atomic mass is 9.80. The van der Waals surface area contributed by atoms with E-state index >= 15 is 0 Å². The monoisotopic (exact) mass is 387 g/mol. The van der Waals surface area contributed by atoms with E-state index in [2.05, 4.69) is 6.92 Å². The number of allylic oxidation sites excluding steroid dienone is 1. The minimum atomic E-state index is -0.921. The van der Waals surface area contributed by atoms with Crippen molar-refractivity contribution in [1.29, 1.82) is 0 Å². The molecule has 3 aromatic rings. The summed E-state index contributed by atoms with van der Waals surface area (Å²) in [6, 6.07) is 14.5. The number of esters is 1. The fourth-order valence-electron chi connectivity index (χ4n) is 4.01. The second-order valence-corrected chi connectivity index (χ2v) is 7.43. The molecular weight excluding hydrogens is 366 g/mol. The zero-order chi connectivity index (χ0) is 20.5. The average molecular weight is 387 g/mol. The van der Waals surface area contributed by atoms with Crippen LogP contribution in [-0.2, 0) is 11.2 Å². The number of carboxylic acids is 1. The third kappa shape index (κ3) is 3.51. The molecule has 1 unspecified atom stereocenters. The summed E-state index contributed by atoms with van der Waals surface area (Å²) in [7, 11) is 1.36. The summed E-state index contributed by atoms with van der Waals surface area (Å²) < 4.78 is 4.74. The third-order valence-electron chi connectivity index (χ3n) is 5.30. The molecule has 5 heteroatoms. The van der Waals surface area contributed by atoms with Crippen molar-refractivity contribution in [3.05, 3.63) is 76.5 Å². The van der Waals surface area contributed by atoms with Crippen LogP contribution in [-0.4, -0.2) is 29.1 Å². The summed E-state index contributed by atoms with van der Waals surface area (Å²) in [6.07, 6.45) is 3.53. The quantitative estimate of drug-likeness (QED) is 0.651. The molecule has 0 saturated carbocycles. The number of rotatable bonds is 3. The molecule has 0 aliphatic heterocycles. The van der Waals surface area contributed by atoms with Crippen LogP contribution in [0.4, 0.5) is 0 Å². The molecule has 0 fully saturated rings. The van der Waals surface area contributed by atoms with Crippen molar-refractivity contribution in [2.45, 2.75) is 19.8 Å². The number of methoxy groups -OCH3 is 1. The van der Waals surface area contributed by atoms with Gasteiger partial charge in [-0.1, -0.05) is 37.3 Å². The minimum absolute atomic E-state index is 0.309. The lowest BCUT2D eigenvalue weighted by molar-refractivity contribution is 0.0599. The molecule has 0 saturated heterocycles. The van der Waals surface area contributed by atoms with Gasteiger partial charge in [-0.2, -0.15) is 0 Å². The number of benzene rings is 2. The number of carboxylic acid groups (broad SMARTS) is 1. The van der Waals surface area contributed by atoms with Gasteiger partial charge in [-0.15, -0.1) is 0 Å². The molecule has 1 aromatic heterocycles. The Morgan fingerprint density at radius 2 is 1.83 bits per heavy atom. The van der Waals surface area contributed by atoms with Gasteiger partial charge in [0.05, 0.1) is 29.4 Å². The maximum atomic E-state index is 12.1. The molecule has 0 amide bonds. The number of fused-ring (bicyclic) bond motifs is 2. The summed E-state index contributed by atoms with van der Waals surface area (Å²) in [6.45, 7) is 2.12. The minimum Gasteiger partial charge on any atom is -0.478 e. The van der Waals surface area contributed by atoms with Gasteiger partial charge < -0.3 is 9.84 Å². The van der Waals surface area contributed by atoms with Gasteiger partial charge in [0.1, 0.15) is 0 Å². The molecule has 4 rings (SSSR count). The van der Waals surface area contributed by atoms with E-state index in [0.29, 0.717) is 34.4 Å². The zero-order valence-corrected chi connectivity index (χ0v) is 16.3. The number of pyridine rings is 1. The number of ether oxygens (including phenoxy) is 1. The van der Waals surface area contributed by atoms with Crippen LogP contribution in [0.3, 0.4) is 0 Å². The molecule has 1 N–H and O–H groups in total. The first-order chi connectivity index (χ1) is 14.0. The van der Waals surface area contributed by atoms with Gasteiger partial charge in [0.25, 0.3) is 0 Å². The lowest BCUT2D eigenvalue weighted by Crippen LogP contribution is -2.17. The van der Waals surface area contributed by atoms with E-state index in [-0.39, 0.29) is 5.97 Å². The molecule has 29 heavy (non-hydrogen) atoms. The number of carbonyl (C=O) groups excluding carboxylic acids is 1. The van der Waals surface area contributed by atoms with Gasteiger partial charge in [-0.25, -0.2) is 14.6 Å². The van der Waals surface area contributed by atoms with Crippen LogP contribution < -0.4 is 0 Å². The lowest BCUT2D eigenvalue weighted by Gasteiger charge is -2.26. The molecule has 1 aliphatic carbocycles. The maximum absolute atomic E-state index is 12.1. The molecule has 5 nitrogen and oxygen atoms in total. The van der Waals surface area contributed by atoms with E-state index in [1.807, 2.05) is 42.5 Å². The summed E-state index contributed by atoms with van der Waals surface area (Å²) in [5, 5.41) is 10.6. The highest BCUT2D eigenvalue weighted by Crippen LogP contribution is 2.38. The average Bonchev–Trinajstić information content (AvgIpc) is 2.72. The number of carbonyl (C=O) groups is 2. The van der Waals surface area contributed by atoms with Gasteiger partial charge in [-0.05, 0) is 59.7 Å². The maximum Gasteiger partial charge on any atom is 0.337 e. The van der Waals surface area contributed by atoms with E-state index in [1.165, 1.54) is 7.11 Å². The normalized spacial score (nSPS) is 17.2. The summed E-state index contributed by atoms with van der Waals surface area (Å²) in [5.41, 5.74) is 5.03. The van der Waals surface area contributed by atoms with Gasteiger partial charge >= 0.3 is 11.9 Å². The van der Waals surface area contributed by atoms with Crippen molar-refractivity contribution in [3.8, 4) is 0 Å². The van der Waals surface area contributed by atoms with Crippen molar-refractivity contribution >= 4 is 34.5 Å². The highest BCUT2D eigenvalue weighted by Gasteiger charge is 2.27. The third-order valence-corrected chi connectivity index (χ3v) is 5.30. The Hall–Kier alpha value is -3.47. The van der Waals surface area contributed by atoms with E-state index in [9.17, 15) is 14.7 Å². The Morgan fingerprint density at radius 1 is 1.10 bits per heavy atom. The topological polar surface area (TPSA) is 76.5 Å². The predicted molar refractivity (Wildman–Crippen MR) is 112 cm³/mol. The Morgan fingerprint density at radius 3 is 2.52 bits per heavy atom. The highest BCUT2D eigenvalue weighted by atomic mass is 16.5. The predicted octanol–water partition coefficient (Wildman–Crippen LogP) is 4.84. The Labute approximate surface area is 168 Å². The molecule has 146 valence electrons. The van der Waals surface area contributed by atoms with Crippen molar-refractivity contribution in [2.75, 3.05) is 7.11 Å². The molecule has 1 atom stereocenters. The first-order valence-electron chi connectivity index (χ1n) is 9.52. The van der Waals surface area contributed by atoms with Crippen LogP contribution in [0, 0.1) is 5.92 Å². The van der Waals surface area contributed by atoms with Gasteiger partial charge in [0.15, 0.2) is 0 Å². The summed E-state index contributed by atoms with van der Waals surface area (Å²) >= 11 is 0. The number of hydrogen-bond acceptors (Lipinski definition) is 4. The van der Waals surface area contributed by atoms with Crippen LogP contribution in [0.15, 0.2) is 48.5 Å². The van der Waals surface area contributed by atoms with Gasteiger partial charge in [0, 0.05) is 5.39 Å². The first-order valence-corrected chi connectivity index (χ1v) is 9.52. The molecule has 1 aliphatic rings. The first kappa shape index (κ1) is 18.9. The van der Waals surface area contributed by atoms with Gasteiger partial charge in [0.2, 0.25) is 0 Å². The fraction of sp³-hybridized carbons (Fsp3) is 0.208. The van der Waals surface area contributed by atoms with Gasteiger partial charge in [-0.3, -0.25) is 0 Å². The van der Waals surface area contributed by atoms with Crippen molar-refractivity contribution in [3.63, 3.8) is 0 Å². The number of para-hydroxylation sites is 1. The molecule has 0 radical (unpaired) electrons. The SMILES string of the molecule is COC(=O)c1ccc(/C=C2\CC(C)Cc3c2nc2ccccc2c3C(=O)O)cc1. The smallest absolute Gasteiger partial charge is 0.337 e. The molecule has 1 heterocycles. The van der Waals surface area contributed by atoms with Crippen LogP contribution in [0.25, 0.3) is 22.6 Å². The van der Waals surface area contributed by atoms with Crippen molar-refractivity contribution in [1.82, 2.24) is 4.98 Å². The standard InChI is InChI=1S/C24H21NO4/c1-14-11-17(13-15-7-9-16(10-8-15)24(28)29-2)22-19(12-14)21(23(26)27)18-5-3-4-6-20(18)25-22/h3-10,13-14H,11-12H2,1-2H3,(H,26,27)/b17-13+. The zero-order valence-electron chi connectivity index (χ0n) is 16.3. The Bertz CT molecular complexity index is 1150. The van der Waals surface area contributed by atoms with E-state index in [1.54, 1.807) is 12.1 Å². The summed E-state index contributed by atoms with van der Waals surface area (Å²) in [4.78, 5) is 28.6. The molecule has 2 aromatic carbocycles. The largest absolute Gasteiger partial charge is 0.478 e. The van der Waals surface area contributed by atoms with E-state index < -0.39 is 5.97 Å². The highest BCUT2D eigenvalue weighted by molar-refractivity contribution is 6.06. The number of nitrogens with zero attached hydrogens (tertiary/aromatic N) is 1. The second-order valence-electron chi connectivity index (χ2n) is 7.43. The molecule has 0 bridgehead atoms. The summed E-state index contributed by atoms with van der Waals surface area (Å²) in [5.74, 6) is -0.986. The number of aromatic carboxylic acids is 1. The van der Waals surface area contributed by atoms with Crippen LogP contribution in [0.5, 0.6) is 0 Å². The fourth-order valence-corrected chi connectivity index (χ4v) is 4.01. The van der Waals surface area contributed by atoms with E-state index in [0.717, 1.165) is 28.8 Å². The Kier molecular flexibility index (Phi) is 4.89. The van der Waals surface area contributed by atoms with Crippen LogP contribution >= 0.6 is 0 Å².